The van der Waals surface area contributed by atoms with E-state index in [9.17, 15) is 0 Å². The first-order valence-electron chi connectivity index (χ1n) is 6.00. The predicted molar refractivity (Wildman–Crippen MR) is 60.4 cm³/mol. The highest BCUT2D eigenvalue weighted by Gasteiger charge is 2.28. The molecule has 2 heteroatoms. The molecule has 1 heterocycles. The number of rotatable bonds is 4. The smallest absolute Gasteiger partial charge is 0.0550 e. The van der Waals surface area contributed by atoms with Crippen molar-refractivity contribution in [2.24, 2.45) is 11.8 Å². The molecule has 0 amide bonds. The molecular weight excluding hydrogens is 174 g/mol. The van der Waals surface area contributed by atoms with E-state index in [0.29, 0.717) is 12.1 Å². The first-order chi connectivity index (χ1) is 6.65. The molecule has 84 valence electrons. The Hall–Kier alpha value is -0.0800. The van der Waals surface area contributed by atoms with Crippen LogP contribution in [0.25, 0.3) is 0 Å². The molecule has 3 atom stereocenters. The third-order valence-electron chi connectivity index (χ3n) is 3.19. The van der Waals surface area contributed by atoms with E-state index in [1.54, 1.807) is 0 Å². The Morgan fingerprint density at radius 3 is 2.64 bits per heavy atom. The van der Waals surface area contributed by atoms with Crippen LogP contribution < -0.4 is 5.32 Å². The van der Waals surface area contributed by atoms with E-state index in [0.717, 1.165) is 25.0 Å². The third kappa shape index (κ3) is 3.25. The molecule has 1 aliphatic heterocycles. The maximum absolute atomic E-state index is 5.59. The largest absolute Gasteiger partial charge is 0.378 e. The summed E-state index contributed by atoms with van der Waals surface area (Å²) in [7, 11) is 0. The highest BCUT2D eigenvalue weighted by Crippen LogP contribution is 2.26. The Morgan fingerprint density at radius 1 is 1.43 bits per heavy atom. The fourth-order valence-corrected chi connectivity index (χ4v) is 2.54. The summed E-state index contributed by atoms with van der Waals surface area (Å²) in [5.41, 5.74) is 0. The fourth-order valence-electron chi connectivity index (χ4n) is 2.54. The fraction of sp³-hybridized carbons (Fsp3) is 1.00. The monoisotopic (exact) mass is 199 g/mol. The molecule has 0 saturated carbocycles. The Kier molecular flexibility index (Phi) is 4.90. The number of hydrogen-bond donors (Lipinski definition) is 1. The first kappa shape index (κ1) is 12.0. The Bertz CT molecular complexity index is 158. The van der Waals surface area contributed by atoms with Gasteiger partial charge in [0.2, 0.25) is 0 Å². The Morgan fingerprint density at radius 2 is 2.14 bits per heavy atom. The summed E-state index contributed by atoms with van der Waals surface area (Å²) < 4.78 is 5.59. The van der Waals surface area contributed by atoms with E-state index >= 15 is 0 Å². The molecule has 0 aliphatic carbocycles. The molecule has 1 N–H and O–H groups in total. The highest BCUT2D eigenvalue weighted by atomic mass is 16.5. The first-order valence-corrected chi connectivity index (χ1v) is 6.00. The van der Waals surface area contributed by atoms with Gasteiger partial charge >= 0.3 is 0 Å². The zero-order valence-electron chi connectivity index (χ0n) is 10.0. The lowest BCUT2D eigenvalue weighted by Gasteiger charge is -2.36. The number of hydrogen-bond acceptors (Lipinski definition) is 2. The summed E-state index contributed by atoms with van der Waals surface area (Å²) in [6.07, 6.45) is 2.89. The molecule has 1 aliphatic rings. The second-order valence-corrected chi connectivity index (χ2v) is 4.79. The summed E-state index contributed by atoms with van der Waals surface area (Å²) in [4.78, 5) is 0. The van der Waals surface area contributed by atoms with Gasteiger partial charge in [-0.3, -0.25) is 0 Å². The third-order valence-corrected chi connectivity index (χ3v) is 3.19. The molecule has 0 spiro atoms. The van der Waals surface area contributed by atoms with E-state index in [1.807, 2.05) is 0 Å². The van der Waals surface area contributed by atoms with Crippen LogP contribution in [0.4, 0.5) is 0 Å². The van der Waals surface area contributed by atoms with E-state index < -0.39 is 0 Å². The zero-order valence-corrected chi connectivity index (χ0v) is 10.0. The highest BCUT2D eigenvalue weighted by molar-refractivity contribution is 4.82. The summed E-state index contributed by atoms with van der Waals surface area (Å²) in [6.45, 7) is 11.0. The van der Waals surface area contributed by atoms with Crippen molar-refractivity contribution in [2.75, 3.05) is 13.2 Å². The van der Waals surface area contributed by atoms with Gasteiger partial charge < -0.3 is 10.1 Å². The molecule has 1 rings (SSSR count). The van der Waals surface area contributed by atoms with Crippen LogP contribution in [0.3, 0.4) is 0 Å². The van der Waals surface area contributed by atoms with Crippen molar-refractivity contribution in [3.05, 3.63) is 0 Å². The van der Waals surface area contributed by atoms with Crippen LogP contribution in [0.5, 0.6) is 0 Å². The lowest BCUT2D eigenvalue weighted by Crippen LogP contribution is -2.43. The van der Waals surface area contributed by atoms with Gasteiger partial charge in [-0.2, -0.15) is 0 Å². The molecule has 0 aromatic heterocycles. The SMILES string of the molecule is CCNC(C(C)C)C1CCOC(C)C1. The van der Waals surface area contributed by atoms with Gasteiger partial charge in [0.15, 0.2) is 0 Å². The van der Waals surface area contributed by atoms with Gasteiger partial charge in [-0.05, 0) is 38.1 Å². The topological polar surface area (TPSA) is 21.3 Å². The van der Waals surface area contributed by atoms with Gasteiger partial charge in [-0.25, -0.2) is 0 Å². The predicted octanol–water partition coefficient (Wildman–Crippen LogP) is 2.44. The van der Waals surface area contributed by atoms with Crippen molar-refractivity contribution in [2.45, 2.75) is 52.7 Å². The van der Waals surface area contributed by atoms with Crippen molar-refractivity contribution in [3.8, 4) is 0 Å². The molecule has 1 saturated heterocycles. The Labute approximate surface area is 88.4 Å². The average molecular weight is 199 g/mol. The maximum atomic E-state index is 5.59. The standard InChI is InChI=1S/C12H25NO/c1-5-13-12(9(2)3)11-6-7-14-10(4)8-11/h9-13H,5-8H2,1-4H3. The van der Waals surface area contributed by atoms with Crippen molar-refractivity contribution in [1.29, 1.82) is 0 Å². The lowest BCUT2D eigenvalue weighted by molar-refractivity contribution is -0.0104. The van der Waals surface area contributed by atoms with Gasteiger partial charge in [0, 0.05) is 12.6 Å². The van der Waals surface area contributed by atoms with Gasteiger partial charge in [-0.15, -0.1) is 0 Å². The molecule has 1 fully saturated rings. The van der Waals surface area contributed by atoms with E-state index in [-0.39, 0.29) is 0 Å². The molecular formula is C12H25NO. The minimum Gasteiger partial charge on any atom is -0.378 e. The minimum absolute atomic E-state index is 0.452. The summed E-state index contributed by atoms with van der Waals surface area (Å²) in [5.74, 6) is 1.53. The molecule has 0 aromatic carbocycles. The normalized spacial score (nSPS) is 30.6. The average Bonchev–Trinajstić information content (AvgIpc) is 2.13. The van der Waals surface area contributed by atoms with Crippen molar-refractivity contribution < 1.29 is 4.74 Å². The van der Waals surface area contributed by atoms with Crippen molar-refractivity contribution in [3.63, 3.8) is 0 Å². The summed E-state index contributed by atoms with van der Waals surface area (Å²) in [5, 5.41) is 3.62. The van der Waals surface area contributed by atoms with Gasteiger partial charge in [0.1, 0.15) is 0 Å². The van der Waals surface area contributed by atoms with Crippen LogP contribution in [0.2, 0.25) is 0 Å². The second-order valence-electron chi connectivity index (χ2n) is 4.79. The van der Waals surface area contributed by atoms with Crippen LogP contribution >= 0.6 is 0 Å². The van der Waals surface area contributed by atoms with Gasteiger partial charge in [-0.1, -0.05) is 20.8 Å². The molecule has 14 heavy (non-hydrogen) atoms. The van der Waals surface area contributed by atoms with Crippen molar-refractivity contribution >= 4 is 0 Å². The van der Waals surface area contributed by atoms with Gasteiger partial charge in [0.25, 0.3) is 0 Å². The number of nitrogens with one attached hydrogen (secondary N) is 1. The number of ether oxygens (including phenoxy) is 1. The van der Waals surface area contributed by atoms with Crippen LogP contribution in [0.1, 0.15) is 40.5 Å². The van der Waals surface area contributed by atoms with Crippen LogP contribution in [0, 0.1) is 11.8 Å². The van der Waals surface area contributed by atoms with E-state index in [1.165, 1.54) is 12.8 Å². The van der Waals surface area contributed by atoms with E-state index in [2.05, 4.69) is 33.0 Å². The second kappa shape index (κ2) is 5.72. The van der Waals surface area contributed by atoms with Crippen LogP contribution in [-0.4, -0.2) is 25.3 Å². The van der Waals surface area contributed by atoms with Crippen LogP contribution in [-0.2, 0) is 4.74 Å². The Balaban J connectivity index is 2.48. The van der Waals surface area contributed by atoms with Crippen LogP contribution in [0.15, 0.2) is 0 Å². The molecule has 0 radical (unpaired) electrons. The van der Waals surface area contributed by atoms with Gasteiger partial charge in [0.05, 0.1) is 6.10 Å². The molecule has 3 unspecified atom stereocenters. The lowest BCUT2D eigenvalue weighted by atomic mass is 9.83. The maximum Gasteiger partial charge on any atom is 0.0550 e. The molecule has 0 bridgehead atoms. The zero-order chi connectivity index (χ0) is 10.6. The summed E-state index contributed by atoms with van der Waals surface area (Å²) >= 11 is 0. The van der Waals surface area contributed by atoms with Crippen molar-refractivity contribution in [1.82, 2.24) is 5.32 Å². The molecule has 2 nitrogen and oxygen atoms in total. The molecule has 0 aromatic rings. The van der Waals surface area contributed by atoms with E-state index in [4.69, 9.17) is 4.74 Å². The summed E-state index contributed by atoms with van der Waals surface area (Å²) in [6, 6.07) is 0.673. The quantitative estimate of drug-likeness (QED) is 0.751. The minimum atomic E-state index is 0.452.